The molecule has 0 radical (unpaired) electrons. The van der Waals surface area contributed by atoms with Crippen molar-refractivity contribution in [3.8, 4) is 5.75 Å². The summed E-state index contributed by atoms with van der Waals surface area (Å²) in [5.41, 5.74) is -0.108. The Morgan fingerprint density at radius 3 is 2.59 bits per heavy atom. The molecule has 0 aromatic heterocycles. The van der Waals surface area contributed by atoms with Gasteiger partial charge in [0.25, 0.3) is 0 Å². The Morgan fingerprint density at radius 1 is 1.29 bits per heavy atom. The zero-order chi connectivity index (χ0) is 12.5. The molecule has 1 N–H and O–H groups in total. The molecule has 94 valence electrons. The van der Waals surface area contributed by atoms with E-state index in [1.54, 1.807) is 12.1 Å². The van der Waals surface area contributed by atoms with E-state index >= 15 is 0 Å². The predicted molar refractivity (Wildman–Crippen MR) is 64.5 cm³/mol. The minimum absolute atomic E-state index is 0.108. The van der Waals surface area contributed by atoms with Crippen LogP contribution in [0.3, 0.4) is 0 Å². The van der Waals surface area contributed by atoms with Crippen molar-refractivity contribution in [2.24, 2.45) is 5.41 Å². The van der Waals surface area contributed by atoms with E-state index < -0.39 is 6.10 Å². The van der Waals surface area contributed by atoms with E-state index in [2.05, 4.69) is 13.8 Å². The average Bonchev–Trinajstić information content (AvgIpc) is 2.28. The second kappa shape index (κ2) is 4.65. The number of halogens is 1. The highest BCUT2D eigenvalue weighted by Crippen LogP contribution is 2.37. The van der Waals surface area contributed by atoms with Crippen LogP contribution in [0.5, 0.6) is 5.75 Å². The van der Waals surface area contributed by atoms with Crippen LogP contribution in [0.15, 0.2) is 24.3 Å². The van der Waals surface area contributed by atoms with Crippen molar-refractivity contribution in [1.29, 1.82) is 0 Å². The molecule has 0 spiro atoms. The maximum Gasteiger partial charge on any atom is 0.125 e. The fraction of sp³-hybridized carbons (Fsp3) is 0.571. The topological polar surface area (TPSA) is 29.5 Å². The third kappa shape index (κ3) is 2.78. The third-order valence-corrected chi connectivity index (χ3v) is 3.56. The summed E-state index contributed by atoms with van der Waals surface area (Å²) in [5.74, 6) is 0.343. The van der Waals surface area contributed by atoms with Crippen molar-refractivity contribution < 1.29 is 14.2 Å². The lowest BCUT2D eigenvalue weighted by Gasteiger charge is -2.40. The Morgan fingerprint density at radius 2 is 1.94 bits per heavy atom. The van der Waals surface area contributed by atoms with Crippen molar-refractivity contribution in [1.82, 2.24) is 0 Å². The maximum absolute atomic E-state index is 12.8. The second-order valence-electron chi connectivity index (χ2n) is 5.44. The molecule has 3 heteroatoms. The number of aliphatic hydroxyl groups is 1. The molecule has 0 bridgehead atoms. The van der Waals surface area contributed by atoms with Crippen molar-refractivity contribution in [3.63, 3.8) is 0 Å². The highest BCUT2D eigenvalue weighted by atomic mass is 19.1. The van der Waals surface area contributed by atoms with Gasteiger partial charge in [-0.05, 0) is 48.9 Å². The van der Waals surface area contributed by atoms with Gasteiger partial charge in [-0.3, -0.25) is 0 Å². The third-order valence-electron chi connectivity index (χ3n) is 3.56. The number of hydrogen-bond acceptors (Lipinski definition) is 2. The molecule has 1 aromatic carbocycles. The summed E-state index contributed by atoms with van der Waals surface area (Å²) in [6.07, 6.45) is 2.25. The van der Waals surface area contributed by atoms with Crippen LogP contribution in [0.2, 0.25) is 0 Å². The lowest BCUT2D eigenvalue weighted by atomic mass is 9.73. The van der Waals surface area contributed by atoms with Crippen LogP contribution in [0.1, 0.15) is 33.1 Å². The molecule has 2 nitrogen and oxygen atoms in total. The molecule has 2 unspecified atom stereocenters. The van der Waals surface area contributed by atoms with Gasteiger partial charge in [0.05, 0.1) is 6.10 Å². The van der Waals surface area contributed by atoms with Crippen LogP contribution in [0.4, 0.5) is 4.39 Å². The first-order chi connectivity index (χ1) is 7.99. The fourth-order valence-corrected chi connectivity index (χ4v) is 2.38. The van der Waals surface area contributed by atoms with Gasteiger partial charge in [0.2, 0.25) is 0 Å². The van der Waals surface area contributed by atoms with Crippen molar-refractivity contribution in [2.75, 3.05) is 0 Å². The number of benzene rings is 1. The number of ether oxygens (including phenoxy) is 1. The summed E-state index contributed by atoms with van der Waals surface area (Å²) in [6, 6.07) is 5.94. The summed E-state index contributed by atoms with van der Waals surface area (Å²) in [5, 5.41) is 10.2. The van der Waals surface area contributed by atoms with Crippen LogP contribution in [-0.2, 0) is 0 Å². The molecule has 2 rings (SSSR count). The Hall–Kier alpha value is -1.09. The summed E-state index contributed by atoms with van der Waals surface area (Å²) in [7, 11) is 0. The summed E-state index contributed by atoms with van der Waals surface area (Å²) in [6.45, 7) is 4.11. The quantitative estimate of drug-likeness (QED) is 0.857. The van der Waals surface area contributed by atoms with E-state index in [0.717, 1.165) is 19.3 Å². The van der Waals surface area contributed by atoms with Gasteiger partial charge in [-0.25, -0.2) is 4.39 Å². The van der Waals surface area contributed by atoms with E-state index in [9.17, 15) is 9.50 Å². The normalized spacial score (nSPS) is 27.8. The van der Waals surface area contributed by atoms with Gasteiger partial charge in [0.15, 0.2) is 0 Å². The van der Waals surface area contributed by atoms with Gasteiger partial charge in [-0.1, -0.05) is 13.8 Å². The van der Waals surface area contributed by atoms with Crippen LogP contribution in [-0.4, -0.2) is 17.3 Å². The van der Waals surface area contributed by atoms with Crippen molar-refractivity contribution >= 4 is 0 Å². The molecule has 17 heavy (non-hydrogen) atoms. The first-order valence-electron chi connectivity index (χ1n) is 6.09. The summed E-state index contributed by atoms with van der Waals surface area (Å²) < 4.78 is 18.5. The lowest BCUT2D eigenvalue weighted by molar-refractivity contribution is -0.0689. The molecule has 1 aromatic rings. The largest absolute Gasteiger partial charge is 0.488 e. The summed E-state index contributed by atoms with van der Waals surface area (Å²) in [4.78, 5) is 0. The minimum atomic E-state index is -0.471. The van der Waals surface area contributed by atoms with Crippen molar-refractivity contribution in [2.45, 2.75) is 45.3 Å². The van der Waals surface area contributed by atoms with Crippen LogP contribution in [0, 0.1) is 11.2 Å². The highest BCUT2D eigenvalue weighted by Gasteiger charge is 2.38. The molecule has 1 aliphatic rings. The maximum atomic E-state index is 12.8. The average molecular weight is 238 g/mol. The molecule has 0 saturated heterocycles. The zero-order valence-corrected chi connectivity index (χ0v) is 10.3. The number of rotatable bonds is 2. The molecule has 2 atom stereocenters. The number of aliphatic hydroxyl groups excluding tert-OH is 1. The van der Waals surface area contributed by atoms with Crippen LogP contribution < -0.4 is 4.74 Å². The molecule has 1 saturated carbocycles. The van der Waals surface area contributed by atoms with E-state index in [1.807, 2.05) is 0 Å². The van der Waals surface area contributed by atoms with Gasteiger partial charge in [0.1, 0.15) is 17.7 Å². The Kier molecular flexibility index (Phi) is 3.38. The Labute approximate surface area is 101 Å². The smallest absolute Gasteiger partial charge is 0.125 e. The minimum Gasteiger partial charge on any atom is -0.488 e. The van der Waals surface area contributed by atoms with Crippen molar-refractivity contribution in [3.05, 3.63) is 30.1 Å². The Balaban J connectivity index is 2.05. The lowest BCUT2D eigenvalue weighted by Crippen LogP contribution is -2.46. The molecule has 1 fully saturated rings. The fourth-order valence-electron chi connectivity index (χ4n) is 2.38. The first-order valence-corrected chi connectivity index (χ1v) is 6.09. The molecular weight excluding hydrogens is 219 g/mol. The second-order valence-corrected chi connectivity index (χ2v) is 5.44. The van der Waals surface area contributed by atoms with Gasteiger partial charge >= 0.3 is 0 Å². The molecule has 1 aliphatic carbocycles. The SMILES string of the molecule is CC1(C)CCCC(Oc2ccc(F)cc2)C1O. The standard InChI is InChI=1S/C14H19FO2/c1-14(2)9-3-4-12(13(14)16)17-11-7-5-10(15)6-8-11/h5-8,12-13,16H,3-4,9H2,1-2H3. The predicted octanol–water partition coefficient (Wildman–Crippen LogP) is 3.14. The van der Waals surface area contributed by atoms with Crippen LogP contribution >= 0.6 is 0 Å². The molecular formula is C14H19FO2. The van der Waals surface area contributed by atoms with E-state index in [-0.39, 0.29) is 17.3 Å². The molecule has 0 heterocycles. The van der Waals surface area contributed by atoms with Gasteiger partial charge in [0, 0.05) is 0 Å². The van der Waals surface area contributed by atoms with Crippen LogP contribution in [0.25, 0.3) is 0 Å². The summed E-state index contributed by atoms with van der Waals surface area (Å²) >= 11 is 0. The van der Waals surface area contributed by atoms with E-state index in [1.165, 1.54) is 12.1 Å². The molecule has 0 amide bonds. The zero-order valence-electron chi connectivity index (χ0n) is 10.3. The van der Waals surface area contributed by atoms with E-state index in [4.69, 9.17) is 4.74 Å². The highest BCUT2D eigenvalue weighted by molar-refractivity contribution is 5.22. The molecule has 0 aliphatic heterocycles. The Bertz CT molecular complexity index is 372. The van der Waals surface area contributed by atoms with Gasteiger partial charge in [-0.15, -0.1) is 0 Å². The first kappa shape index (κ1) is 12.4. The van der Waals surface area contributed by atoms with E-state index in [0.29, 0.717) is 5.75 Å². The monoisotopic (exact) mass is 238 g/mol. The van der Waals surface area contributed by atoms with Gasteiger partial charge < -0.3 is 9.84 Å². The number of hydrogen-bond donors (Lipinski definition) is 1. The van der Waals surface area contributed by atoms with Gasteiger partial charge in [-0.2, -0.15) is 0 Å².